The van der Waals surface area contributed by atoms with Gasteiger partial charge in [-0.25, -0.2) is 14.1 Å². The van der Waals surface area contributed by atoms with E-state index in [1.165, 1.54) is 17.7 Å². The molecule has 1 amide bonds. The molecule has 2 saturated heterocycles. The van der Waals surface area contributed by atoms with E-state index in [4.69, 9.17) is 4.74 Å². The first kappa shape index (κ1) is 24.9. The zero-order valence-electron chi connectivity index (χ0n) is 22.2. The molecule has 0 spiro atoms. The topological polar surface area (TPSA) is 113 Å². The predicted octanol–water partition coefficient (Wildman–Crippen LogP) is 3.39. The van der Waals surface area contributed by atoms with E-state index >= 15 is 0 Å². The van der Waals surface area contributed by atoms with Crippen LogP contribution in [0.4, 0.5) is 4.39 Å². The zero-order chi connectivity index (χ0) is 27.4. The molecular weight excluding hydrogens is 511 g/mol. The van der Waals surface area contributed by atoms with Crippen LogP contribution < -0.4 is 5.32 Å². The van der Waals surface area contributed by atoms with Crippen LogP contribution in [0.5, 0.6) is 0 Å². The quantitative estimate of drug-likeness (QED) is 0.399. The number of nitrogens with zero attached hydrogens (tertiary/aromatic N) is 7. The number of likely N-dealkylation sites (tertiary alicyclic amines) is 1. The second-order valence-electron chi connectivity index (χ2n) is 11.1. The third kappa shape index (κ3) is 4.24. The molecular formula is C29H29FN8O2. The van der Waals surface area contributed by atoms with Crippen LogP contribution in [0.15, 0.2) is 42.9 Å². The van der Waals surface area contributed by atoms with Crippen molar-refractivity contribution < 1.29 is 13.9 Å². The molecule has 40 heavy (non-hydrogen) atoms. The molecule has 3 aromatic heterocycles. The molecule has 5 heterocycles. The number of aryl methyl sites for hydroxylation is 1. The van der Waals surface area contributed by atoms with E-state index in [1.807, 2.05) is 10.5 Å². The van der Waals surface area contributed by atoms with E-state index in [0.717, 1.165) is 50.1 Å². The number of ether oxygens (including phenoxy) is 1. The average molecular weight is 541 g/mol. The SMILES string of the molecule is Cc1cc(F)c(C(=O)NC2CC2)cc1-n1cc(-c2cnc3ccc(C4CCN(C5(C#N)COC5)CC4)cn23)nn1. The maximum absolute atomic E-state index is 14.6. The van der Waals surface area contributed by atoms with Gasteiger partial charge in [0.1, 0.15) is 17.2 Å². The van der Waals surface area contributed by atoms with Crippen molar-refractivity contribution >= 4 is 11.6 Å². The maximum atomic E-state index is 14.6. The summed E-state index contributed by atoms with van der Waals surface area (Å²) in [5.41, 5.74) is 4.22. The maximum Gasteiger partial charge on any atom is 0.254 e. The van der Waals surface area contributed by atoms with Gasteiger partial charge in [-0.15, -0.1) is 5.10 Å². The Bertz CT molecular complexity index is 1650. The number of piperidine rings is 1. The van der Waals surface area contributed by atoms with Crippen LogP contribution in [-0.2, 0) is 4.74 Å². The number of fused-ring (bicyclic) bond motifs is 1. The number of carbonyl (C=O) groups is 1. The number of amides is 1. The van der Waals surface area contributed by atoms with Gasteiger partial charge in [0.2, 0.25) is 0 Å². The Hall–Kier alpha value is -4.14. The monoisotopic (exact) mass is 540 g/mol. The third-order valence-corrected chi connectivity index (χ3v) is 8.44. The van der Waals surface area contributed by atoms with E-state index in [0.29, 0.717) is 36.1 Å². The molecule has 11 heteroatoms. The average Bonchev–Trinajstić information content (AvgIpc) is 3.44. The van der Waals surface area contributed by atoms with E-state index in [1.54, 1.807) is 24.0 Å². The van der Waals surface area contributed by atoms with Crippen molar-refractivity contribution in [3.63, 3.8) is 0 Å². The lowest BCUT2D eigenvalue weighted by Gasteiger charge is -2.47. The van der Waals surface area contributed by atoms with Crippen LogP contribution in [-0.4, -0.2) is 73.1 Å². The molecule has 3 fully saturated rings. The van der Waals surface area contributed by atoms with Crippen LogP contribution in [0.1, 0.15) is 53.1 Å². The molecule has 4 aromatic rings. The van der Waals surface area contributed by atoms with E-state index < -0.39 is 17.3 Å². The van der Waals surface area contributed by atoms with Crippen LogP contribution in [0.2, 0.25) is 0 Å². The smallest absolute Gasteiger partial charge is 0.254 e. The van der Waals surface area contributed by atoms with Gasteiger partial charge in [-0.1, -0.05) is 11.3 Å². The number of hydrogen-bond donors (Lipinski definition) is 1. The summed E-state index contributed by atoms with van der Waals surface area (Å²) in [5.74, 6) is -0.584. The van der Waals surface area contributed by atoms with Crippen molar-refractivity contribution in [1.29, 1.82) is 5.26 Å². The first-order valence-electron chi connectivity index (χ1n) is 13.7. The highest BCUT2D eigenvalue weighted by Crippen LogP contribution is 2.34. The number of imidazole rings is 1. The summed E-state index contributed by atoms with van der Waals surface area (Å²) >= 11 is 0. The minimum Gasteiger partial charge on any atom is -0.375 e. The highest BCUT2D eigenvalue weighted by Gasteiger charge is 2.45. The Morgan fingerprint density at radius 2 is 1.98 bits per heavy atom. The lowest BCUT2D eigenvalue weighted by molar-refractivity contribution is -0.114. The van der Waals surface area contributed by atoms with Crippen LogP contribution in [0.25, 0.3) is 22.7 Å². The van der Waals surface area contributed by atoms with Crippen molar-refractivity contribution in [2.75, 3.05) is 26.3 Å². The molecule has 10 nitrogen and oxygen atoms in total. The van der Waals surface area contributed by atoms with Crippen molar-refractivity contribution in [3.05, 3.63) is 65.4 Å². The van der Waals surface area contributed by atoms with Gasteiger partial charge in [0, 0.05) is 25.3 Å². The van der Waals surface area contributed by atoms with Gasteiger partial charge in [0.15, 0.2) is 5.54 Å². The summed E-state index contributed by atoms with van der Waals surface area (Å²) < 4.78 is 23.6. The molecule has 1 aromatic carbocycles. The van der Waals surface area contributed by atoms with Gasteiger partial charge in [-0.3, -0.25) is 14.1 Å². The zero-order valence-corrected chi connectivity index (χ0v) is 22.2. The fourth-order valence-corrected chi connectivity index (χ4v) is 5.75. The molecule has 0 bridgehead atoms. The van der Waals surface area contributed by atoms with Gasteiger partial charge in [-0.05, 0) is 67.9 Å². The first-order chi connectivity index (χ1) is 19.4. The molecule has 1 N–H and O–H groups in total. The van der Waals surface area contributed by atoms with Crippen LogP contribution >= 0.6 is 0 Å². The molecule has 0 radical (unpaired) electrons. The molecule has 0 unspecified atom stereocenters. The summed E-state index contributed by atoms with van der Waals surface area (Å²) in [4.78, 5) is 19.4. The number of nitrogens with one attached hydrogen (secondary N) is 1. The minimum absolute atomic E-state index is 0.000525. The van der Waals surface area contributed by atoms with E-state index in [-0.39, 0.29) is 11.6 Å². The van der Waals surface area contributed by atoms with Crippen LogP contribution in [0.3, 0.4) is 0 Å². The molecule has 1 saturated carbocycles. The van der Waals surface area contributed by atoms with Crippen molar-refractivity contribution in [3.8, 4) is 23.1 Å². The van der Waals surface area contributed by atoms with Crippen molar-refractivity contribution in [2.24, 2.45) is 0 Å². The summed E-state index contributed by atoms with van der Waals surface area (Å²) in [5, 5.41) is 21.2. The fourth-order valence-electron chi connectivity index (χ4n) is 5.75. The Morgan fingerprint density at radius 1 is 1.18 bits per heavy atom. The predicted molar refractivity (Wildman–Crippen MR) is 143 cm³/mol. The number of hydrogen-bond acceptors (Lipinski definition) is 7. The molecule has 0 atom stereocenters. The van der Waals surface area contributed by atoms with Gasteiger partial charge in [0.25, 0.3) is 5.91 Å². The normalized spacial score (nSPS) is 19.3. The largest absolute Gasteiger partial charge is 0.375 e. The molecule has 1 aliphatic carbocycles. The summed E-state index contributed by atoms with van der Waals surface area (Å²) in [6.45, 7) is 4.49. The number of rotatable bonds is 6. The summed E-state index contributed by atoms with van der Waals surface area (Å²) in [7, 11) is 0. The molecule has 204 valence electrons. The number of aromatic nitrogens is 5. The number of pyridine rings is 1. The summed E-state index contributed by atoms with van der Waals surface area (Å²) in [6, 6.07) is 9.63. The van der Waals surface area contributed by atoms with Crippen molar-refractivity contribution in [1.82, 2.24) is 34.6 Å². The number of halogens is 1. The Balaban J connectivity index is 1.14. The van der Waals surface area contributed by atoms with Gasteiger partial charge in [0.05, 0.1) is 48.6 Å². The Kier molecular flexibility index (Phi) is 5.91. The number of benzene rings is 1. The lowest BCUT2D eigenvalue weighted by Crippen LogP contribution is -2.62. The molecule has 7 rings (SSSR count). The lowest BCUT2D eigenvalue weighted by atomic mass is 9.86. The third-order valence-electron chi connectivity index (χ3n) is 8.44. The van der Waals surface area contributed by atoms with Gasteiger partial charge in [-0.2, -0.15) is 5.26 Å². The van der Waals surface area contributed by atoms with Gasteiger partial charge < -0.3 is 10.1 Å². The molecule has 3 aliphatic rings. The number of nitriles is 1. The minimum atomic E-state index is -0.552. The first-order valence-corrected chi connectivity index (χ1v) is 13.7. The Morgan fingerprint density at radius 3 is 2.67 bits per heavy atom. The Labute approximate surface area is 230 Å². The second-order valence-corrected chi connectivity index (χ2v) is 11.1. The highest BCUT2D eigenvalue weighted by atomic mass is 19.1. The van der Waals surface area contributed by atoms with Crippen molar-refractivity contribution in [2.45, 2.75) is 50.1 Å². The summed E-state index contributed by atoms with van der Waals surface area (Å²) in [6.07, 6.45) is 9.46. The second kappa shape index (κ2) is 9.50. The van der Waals surface area contributed by atoms with E-state index in [2.05, 4.69) is 43.8 Å². The van der Waals surface area contributed by atoms with Gasteiger partial charge >= 0.3 is 0 Å². The standard InChI is InChI=1S/C29H29FN8O2/c1-18-10-23(30)22(28(39)33-21-3-4-21)11-25(18)38-14-24(34-35-38)26-12-32-27-5-2-20(13-37(26)27)19-6-8-36(9-7-19)29(15-31)16-40-17-29/h2,5,10-14,19,21H,3-4,6-9,16-17H2,1H3,(H,33,39). The number of carbonyl (C=O) groups excluding carboxylic acids is 1. The van der Waals surface area contributed by atoms with E-state index in [9.17, 15) is 14.4 Å². The fraction of sp³-hybridized carbons (Fsp3) is 0.414. The highest BCUT2D eigenvalue weighted by molar-refractivity contribution is 5.95. The molecule has 2 aliphatic heterocycles. The van der Waals surface area contributed by atoms with Crippen LogP contribution in [0, 0.1) is 24.1 Å².